The molecule has 2 aromatic rings. The number of imidazole rings is 1. The summed E-state index contributed by atoms with van der Waals surface area (Å²) < 4.78 is 0. The number of carbonyl (C=O) groups excluding carboxylic acids is 2. The Morgan fingerprint density at radius 2 is 1.90 bits per heavy atom. The zero-order valence-corrected chi connectivity index (χ0v) is 18.5. The number of aromatic nitrogens is 2. The van der Waals surface area contributed by atoms with E-state index in [0.717, 1.165) is 16.9 Å². The molecule has 162 valence electrons. The number of amides is 2. The lowest BCUT2D eigenvalue weighted by Gasteiger charge is -2.18. The number of hydrogen-bond donors (Lipinski definition) is 4. The molecule has 9 heteroatoms. The highest BCUT2D eigenvalue weighted by atomic mass is 35.5. The van der Waals surface area contributed by atoms with Gasteiger partial charge in [-0.15, -0.1) is 24.8 Å². The molecule has 0 spiro atoms. The van der Waals surface area contributed by atoms with Gasteiger partial charge >= 0.3 is 0 Å². The van der Waals surface area contributed by atoms with Gasteiger partial charge in [0.15, 0.2) is 0 Å². The summed E-state index contributed by atoms with van der Waals surface area (Å²) in [5.41, 5.74) is 8.27. The van der Waals surface area contributed by atoms with E-state index in [1.54, 1.807) is 0 Å². The Labute approximate surface area is 183 Å². The van der Waals surface area contributed by atoms with Crippen molar-refractivity contribution in [3.63, 3.8) is 0 Å². The van der Waals surface area contributed by atoms with Crippen molar-refractivity contribution in [3.8, 4) is 0 Å². The van der Waals surface area contributed by atoms with Crippen molar-refractivity contribution >= 4 is 53.3 Å². The maximum Gasteiger partial charge on any atom is 0.243 e. The highest BCUT2D eigenvalue weighted by Crippen LogP contribution is 2.32. The van der Waals surface area contributed by atoms with Crippen LogP contribution in [0.2, 0.25) is 0 Å². The highest BCUT2D eigenvalue weighted by molar-refractivity contribution is 5.96. The number of hydrogen-bond acceptors (Lipinski definition) is 4. The molecule has 1 aliphatic rings. The predicted octanol–water partition coefficient (Wildman–Crippen LogP) is 3.49. The average molecular weight is 444 g/mol. The van der Waals surface area contributed by atoms with Gasteiger partial charge in [0.05, 0.1) is 23.6 Å². The van der Waals surface area contributed by atoms with Crippen molar-refractivity contribution in [2.24, 2.45) is 11.7 Å². The van der Waals surface area contributed by atoms with E-state index >= 15 is 0 Å². The molecule has 1 heterocycles. The molecule has 29 heavy (non-hydrogen) atoms. The number of halogens is 2. The minimum absolute atomic E-state index is 0. The van der Waals surface area contributed by atoms with E-state index in [0.29, 0.717) is 11.6 Å². The molecule has 1 saturated carbocycles. The quantitative estimate of drug-likeness (QED) is 0.546. The summed E-state index contributed by atoms with van der Waals surface area (Å²) in [7, 11) is 0. The number of nitrogens with zero attached hydrogens (tertiary/aromatic N) is 1. The first-order valence-electron chi connectivity index (χ1n) is 9.77. The number of fused-ring (bicyclic) bond motifs is 1. The van der Waals surface area contributed by atoms with Gasteiger partial charge in [0.25, 0.3) is 0 Å². The molecule has 5 N–H and O–H groups in total. The van der Waals surface area contributed by atoms with Crippen LogP contribution >= 0.6 is 24.8 Å². The fourth-order valence-corrected chi connectivity index (χ4v) is 3.47. The second-order valence-corrected chi connectivity index (χ2v) is 7.72. The second kappa shape index (κ2) is 11.4. The Morgan fingerprint density at radius 1 is 1.21 bits per heavy atom. The van der Waals surface area contributed by atoms with Gasteiger partial charge < -0.3 is 21.4 Å². The Bertz CT molecular complexity index is 818. The molecule has 1 atom stereocenters. The van der Waals surface area contributed by atoms with E-state index in [1.807, 2.05) is 32.0 Å². The molecule has 0 aliphatic heterocycles. The van der Waals surface area contributed by atoms with Crippen LogP contribution in [-0.4, -0.2) is 34.4 Å². The van der Waals surface area contributed by atoms with Crippen molar-refractivity contribution in [3.05, 3.63) is 24.0 Å². The summed E-state index contributed by atoms with van der Waals surface area (Å²) in [4.78, 5) is 32.1. The van der Waals surface area contributed by atoms with E-state index in [4.69, 9.17) is 10.7 Å². The molecular formula is C20H31Cl2N5O2. The number of nitrogens with one attached hydrogen (secondary N) is 3. The van der Waals surface area contributed by atoms with Crippen LogP contribution in [0.15, 0.2) is 18.2 Å². The molecule has 7 nitrogen and oxygen atoms in total. The third kappa shape index (κ3) is 6.59. The lowest BCUT2D eigenvalue weighted by Crippen LogP contribution is -2.46. The molecular weight excluding hydrogens is 413 g/mol. The van der Waals surface area contributed by atoms with Gasteiger partial charge in [-0.2, -0.15) is 0 Å². The largest absolute Gasteiger partial charge is 0.346 e. The standard InChI is InChI=1S/C20H29N5O2.2ClH/c1-12(2)18(21)20(27)22-11-17(26)23-14-8-9-15-16(10-14)25-19(24-15)13-6-4-3-5-7-13;;/h8-10,12-13,18H,3-7,11,21H2,1-2H3,(H,22,27)(H,23,26)(H,24,25);2*1H/t18-;;/m0../s1. The molecule has 1 aliphatic carbocycles. The van der Waals surface area contributed by atoms with Crippen LogP contribution in [0, 0.1) is 5.92 Å². The number of anilines is 1. The molecule has 3 rings (SSSR count). The first-order valence-corrected chi connectivity index (χ1v) is 9.77. The SMILES string of the molecule is CC(C)[C@H](N)C(=O)NCC(=O)Nc1ccc2nc(C3CCCCC3)[nH]c2c1.Cl.Cl. The summed E-state index contributed by atoms with van der Waals surface area (Å²) in [6.07, 6.45) is 6.19. The van der Waals surface area contributed by atoms with Gasteiger partial charge in [0, 0.05) is 11.6 Å². The zero-order chi connectivity index (χ0) is 19.4. The fourth-order valence-electron chi connectivity index (χ4n) is 3.47. The van der Waals surface area contributed by atoms with Gasteiger partial charge in [-0.1, -0.05) is 33.1 Å². The number of carbonyl (C=O) groups is 2. The summed E-state index contributed by atoms with van der Waals surface area (Å²) in [6.45, 7) is 3.63. The van der Waals surface area contributed by atoms with Crippen LogP contribution in [0.3, 0.4) is 0 Å². The minimum atomic E-state index is -0.614. The van der Waals surface area contributed by atoms with Gasteiger partial charge in [0.2, 0.25) is 11.8 Å². The molecule has 0 bridgehead atoms. The van der Waals surface area contributed by atoms with E-state index in [-0.39, 0.29) is 49.1 Å². The molecule has 1 aromatic carbocycles. The van der Waals surface area contributed by atoms with Crippen LogP contribution < -0.4 is 16.4 Å². The molecule has 0 saturated heterocycles. The number of rotatable bonds is 6. The highest BCUT2D eigenvalue weighted by Gasteiger charge is 2.19. The summed E-state index contributed by atoms with van der Waals surface area (Å²) >= 11 is 0. The first kappa shape index (κ1) is 25.2. The smallest absolute Gasteiger partial charge is 0.243 e. The van der Waals surface area contributed by atoms with Crippen LogP contribution in [0.25, 0.3) is 11.0 Å². The molecule has 2 amide bonds. The summed E-state index contributed by atoms with van der Waals surface area (Å²) in [6, 6.07) is 5.00. The molecule has 1 aromatic heterocycles. The maximum atomic E-state index is 12.1. The van der Waals surface area contributed by atoms with Crippen LogP contribution in [0.1, 0.15) is 57.7 Å². The lowest BCUT2D eigenvalue weighted by molar-refractivity contribution is -0.125. The van der Waals surface area contributed by atoms with Gasteiger partial charge in [-0.3, -0.25) is 9.59 Å². The van der Waals surface area contributed by atoms with Crippen molar-refractivity contribution in [2.45, 2.75) is 57.9 Å². The van der Waals surface area contributed by atoms with Gasteiger partial charge in [-0.25, -0.2) is 4.98 Å². The van der Waals surface area contributed by atoms with E-state index in [9.17, 15) is 9.59 Å². The van der Waals surface area contributed by atoms with Gasteiger partial charge in [-0.05, 0) is 37.0 Å². The van der Waals surface area contributed by atoms with E-state index in [2.05, 4.69) is 15.6 Å². The minimum Gasteiger partial charge on any atom is -0.346 e. The average Bonchev–Trinajstić information content (AvgIpc) is 3.09. The second-order valence-electron chi connectivity index (χ2n) is 7.72. The maximum absolute atomic E-state index is 12.1. The molecule has 1 fully saturated rings. The van der Waals surface area contributed by atoms with Crippen LogP contribution in [0.5, 0.6) is 0 Å². The van der Waals surface area contributed by atoms with Gasteiger partial charge in [0.1, 0.15) is 5.82 Å². The lowest BCUT2D eigenvalue weighted by atomic mass is 9.89. The molecule has 0 radical (unpaired) electrons. The first-order chi connectivity index (χ1) is 12.9. The van der Waals surface area contributed by atoms with Crippen LogP contribution in [-0.2, 0) is 9.59 Å². The van der Waals surface area contributed by atoms with Crippen LogP contribution in [0.4, 0.5) is 5.69 Å². The topological polar surface area (TPSA) is 113 Å². The Morgan fingerprint density at radius 3 is 2.55 bits per heavy atom. The monoisotopic (exact) mass is 443 g/mol. The summed E-state index contributed by atoms with van der Waals surface area (Å²) in [5.74, 6) is 0.967. The Hall–Kier alpha value is -1.83. The van der Waals surface area contributed by atoms with Crippen molar-refractivity contribution in [1.29, 1.82) is 0 Å². The Balaban J connectivity index is 0.00000210. The zero-order valence-electron chi connectivity index (χ0n) is 16.9. The summed E-state index contributed by atoms with van der Waals surface area (Å²) in [5, 5.41) is 5.38. The number of H-pyrrole nitrogens is 1. The third-order valence-electron chi connectivity index (χ3n) is 5.22. The van der Waals surface area contributed by atoms with Crippen molar-refractivity contribution in [1.82, 2.24) is 15.3 Å². The van der Waals surface area contributed by atoms with Crippen molar-refractivity contribution < 1.29 is 9.59 Å². The normalized spacial score (nSPS) is 15.3. The van der Waals surface area contributed by atoms with Crippen molar-refractivity contribution in [2.75, 3.05) is 11.9 Å². The molecule has 0 unspecified atom stereocenters. The fraction of sp³-hybridized carbons (Fsp3) is 0.550. The number of benzene rings is 1. The predicted molar refractivity (Wildman–Crippen MR) is 121 cm³/mol. The Kier molecular flexibility index (Phi) is 9.89. The van der Waals surface area contributed by atoms with E-state index in [1.165, 1.54) is 32.1 Å². The number of aromatic amines is 1. The third-order valence-corrected chi connectivity index (χ3v) is 5.22. The number of nitrogens with two attached hydrogens (primary N) is 1. The van der Waals surface area contributed by atoms with E-state index < -0.39 is 6.04 Å².